The first kappa shape index (κ1) is 12.5. The van der Waals surface area contributed by atoms with Crippen LogP contribution in [-0.2, 0) is 6.54 Å². The predicted octanol–water partition coefficient (Wildman–Crippen LogP) is 4.01. The molecule has 0 N–H and O–H groups in total. The molecule has 1 fully saturated rings. The number of rotatable bonds is 4. The summed E-state index contributed by atoms with van der Waals surface area (Å²) in [7, 11) is 0. The number of aryl methyl sites for hydroxylation is 1. The smallest absolute Gasteiger partial charge is 0.127 e. The van der Waals surface area contributed by atoms with E-state index in [4.69, 9.17) is 16.9 Å². The molecule has 1 heterocycles. The standard InChI is InChI=1S/C15H16ClN3/c1-10(16)15-18-13-5-4-12(9-17)8-14(13)19(15)7-6-11-2-3-11/h4-5,8,10-11H,2-3,6-7H2,1H3. The summed E-state index contributed by atoms with van der Waals surface area (Å²) < 4.78 is 2.19. The Morgan fingerprint density at radius 3 is 2.95 bits per heavy atom. The Kier molecular flexibility index (Phi) is 3.20. The van der Waals surface area contributed by atoms with E-state index >= 15 is 0 Å². The highest BCUT2D eigenvalue weighted by Crippen LogP contribution is 2.34. The lowest BCUT2D eigenvalue weighted by atomic mass is 10.2. The third-order valence-corrected chi connectivity index (χ3v) is 3.92. The second-order valence-electron chi connectivity index (χ2n) is 5.28. The number of fused-ring (bicyclic) bond motifs is 1. The van der Waals surface area contributed by atoms with Crippen molar-refractivity contribution in [1.82, 2.24) is 9.55 Å². The number of halogens is 1. The van der Waals surface area contributed by atoms with Crippen LogP contribution in [0.2, 0.25) is 0 Å². The van der Waals surface area contributed by atoms with E-state index in [2.05, 4.69) is 15.6 Å². The van der Waals surface area contributed by atoms with Crippen LogP contribution in [0.3, 0.4) is 0 Å². The largest absolute Gasteiger partial charge is 0.327 e. The first-order valence-corrected chi connectivity index (χ1v) is 7.17. The van der Waals surface area contributed by atoms with Crippen molar-refractivity contribution in [2.75, 3.05) is 0 Å². The maximum Gasteiger partial charge on any atom is 0.127 e. The number of aromatic nitrogens is 2. The van der Waals surface area contributed by atoms with Crippen LogP contribution in [-0.4, -0.2) is 9.55 Å². The minimum atomic E-state index is -0.114. The molecule has 0 amide bonds. The molecule has 1 aliphatic carbocycles. The molecule has 0 bridgehead atoms. The average molecular weight is 274 g/mol. The summed E-state index contributed by atoms with van der Waals surface area (Å²) >= 11 is 6.24. The first-order valence-electron chi connectivity index (χ1n) is 6.73. The van der Waals surface area contributed by atoms with Gasteiger partial charge in [0.2, 0.25) is 0 Å². The summed E-state index contributed by atoms with van der Waals surface area (Å²) in [5.74, 6) is 1.78. The predicted molar refractivity (Wildman–Crippen MR) is 76.1 cm³/mol. The summed E-state index contributed by atoms with van der Waals surface area (Å²) in [6.07, 6.45) is 3.88. The van der Waals surface area contributed by atoms with E-state index in [1.165, 1.54) is 19.3 Å². The van der Waals surface area contributed by atoms with Gasteiger partial charge in [-0.1, -0.05) is 12.8 Å². The number of hydrogen-bond acceptors (Lipinski definition) is 2. The van der Waals surface area contributed by atoms with E-state index in [-0.39, 0.29) is 5.38 Å². The average Bonchev–Trinajstić information content (AvgIpc) is 3.16. The Labute approximate surface area is 117 Å². The highest BCUT2D eigenvalue weighted by Gasteiger charge is 2.22. The lowest BCUT2D eigenvalue weighted by Gasteiger charge is -2.10. The van der Waals surface area contributed by atoms with E-state index in [1.54, 1.807) is 0 Å². The molecule has 1 unspecified atom stereocenters. The van der Waals surface area contributed by atoms with Gasteiger partial charge in [0.25, 0.3) is 0 Å². The number of benzene rings is 1. The van der Waals surface area contributed by atoms with Crippen molar-refractivity contribution in [2.24, 2.45) is 5.92 Å². The van der Waals surface area contributed by atoms with E-state index < -0.39 is 0 Å². The summed E-state index contributed by atoms with van der Waals surface area (Å²) in [5.41, 5.74) is 2.63. The highest BCUT2D eigenvalue weighted by molar-refractivity contribution is 6.20. The molecule has 1 aromatic heterocycles. The molecule has 98 valence electrons. The Hall–Kier alpha value is -1.53. The molecule has 2 aromatic rings. The third-order valence-electron chi connectivity index (χ3n) is 3.72. The van der Waals surface area contributed by atoms with Gasteiger partial charge in [-0.25, -0.2) is 4.98 Å². The van der Waals surface area contributed by atoms with Gasteiger partial charge in [0.15, 0.2) is 0 Å². The molecule has 4 heteroatoms. The molecule has 0 aliphatic heterocycles. The maximum absolute atomic E-state index is 9.03. The number of hydrogen-bond donors (Lipinski definition) is 0. The van der Waals surface area contributed by atoms with Crippen LogP contribution in [0.15, 0.2) is 18.2 Å². The fourth-order valence-corrected chi connectivity index (χ4v) is 2.63. The molecule has 1 saturated carbocycles. The molecule has 1 aromatic carbocycles. The van der Waals surface area contributed by atoms with Crippen LogP contribution in [0.25, 0.3) is 11.0 Å². The van der Waals surface area contributed by atoms with E-state index in [0.717, 1.165) is 29.3 Å². The van der Waals surface area contributed by atoms with Crippen molar-refractivity contribution in [2.45, 2.75) is 38.1 Å². The zero-order valence-electron chi connectivity index (χ0n) is 10.9. The zero-order valence-corrected chi connectivity index (χ0v) is 11.7. The summed E-state index contributed by atoms with van der Waals surface area (Å²) in [5, 5.41) is 8.91. The topological polar surface area (TPSA) is 41.6 Å². The van der Waals surface area contributed by atoms with E-state index in [1.807, 2.05) is 25.1 Å². The first-order chi connectivity index (χ1) is 9.19. The maximum atomic E-state index is 9.03. The van der Waals surface area contributed by atoms with E-state index in [9.17, 15) is 0 Å². The molecule has 3 nitrogen and oxygen atoms in total. The quantitative estimate of drug-likeness (QED) is 0.790. The molecule has 3 rings (SSSR count). The minimum Gasteiger partial charge on any atom is -0.327 e. The van der Waals surface area contributed by atoms with Crippen molar-refractivity contribution in [3.63, 3.8) is 0 Å². The van der Waals surface area contributed by atoms with Gasteiger partial charge in [-0.3, -0.25) is 0 Å². The molecule has 19 heavy (non-hydrogen) atoms. The van der Waals surface area contributed by atoms with Crippen molar-refractivity contribution >= 4 is 22.6 Å². The van der Waals surface area contributed by atoms with Crippen molar-refractivity contribution in [1.29, 1.82) is 5.26 Å². The second kappa shape index (κ2) is 4.86. The monoisotopic (exact) mass is 273 g/mol. The fraction of sp³-hybridized carbons (Fsp3) is 0.467. The summed E-state index contributed by atoms with van der Waals surface area (Å²) in [6.45, 7) is 2.89. The van der Waals surface area contributed by atoms with Gasteiger partial charge in [0.1, 0.15) is 5.82 Å². The number of alkyl halides is 1. The number of imidazole rings is 1. The van der Waals surface area contributed by atoms with Gasteiger partial charge in [0.05, 0.1) is 28.0 Å². The van der Waals surface area contributed by atoms with Gasteiger partial charge in [0, 0.05) is 6.54 Å². The van der Waals surface area contributed by atoms with Gasteiger partial charge in [-0.05, 0) is 37.5 Å². The highest BCUT2D eigenvalue weighted by atomic mass is 35.5. The molecular weight excluding hydrogens is 258 g/mol. The number of nitrogens with zero attached hydrogens (tertiary/aromatic N) is 3. The fourth-order valence-electron chi connectivity index (χ4n) is 2.47. The molecule has 0 spiro atoms. The Balaban J connectivity index is 2.06. The van der Waals surface area contributed by atoms with Gasteiger partial charge < -0.3 is 4.57 Å². The molecule has 0 saturated heterocycles. The lowest BCUT2D eigenvalue weighted by Crippen LogP contribution is -2.05. The normalized spacial score (nSPS) is 16.5. The molecule has 1 aliphatic rings. The second-order valence-corrected chi connectivity index (χ2v) is 5.94. The summed E-state index contributed by atoms with van der Waals surface area (Å²) in [4.78, 5) is 4.61. The Bertz CT molecular complexity index is 647. The van der Waals surface area contributed by atoms with Gasteiger partial charge in [-0.2, -0.15) is 5.26 Å². The molecule has 1 atom stereocenters. The zero-order chi connectivity index (χ0) is 13.4. The van der Waals surface area contributed by atoms with Crippen LogP contribution in [0, 0.1) is 17.2 Å². The molecule has 0 radical (unpaired) electrons. The third kappa shape index (κ3) is 2.46. The van der Waals surface area contributed by atoms with Crippen molar-refractivity contribution in [3.05, 3.63) is 29.6 Å². The molecular formula is C15H16ClN3. The minimum absolute atomic E-state index is 0.114. The van der Waals surface area contributed by atoms with Crippen LogP contribution >= 0.6 is 11.6 Å². The van der Waals surface area contributed by atoms with Crippen LogP contribution in [0.5, 0.6) is 0 Å². The van der Waals surface area contributed by atoms with Crippen LogP contribution in [0.4, 0.5) is 0 Å². The van der Waals surface area contributed by atoms with Crippen molar-refractivity contribution < 1.29 is 0 Å². The van der Waals surface area contributed by atoms with Gasteiger partial charge >= 0.3 is 0 Å². The lowest BCUT2D eigenvalue weighted by molar-refractivity contribution is 0.585. The van der Waals surface area contributed by atoms with Crippen LogP contribution in [0.1, 0.15) is 43.0 Å². The van der Waals surface area contributed by atoms with Crippen LogP contribution < -0.4 is 0 Å². The van der Waals surface area contributed by atoms with E-state index in [0.29, 0.717) is 5.56 Å². The summed E-state index contributed by atoms with van der Waals surface area (Å²) in [6, 6.07) is 7.82. The Morgan fingerprint density at radius 1 is 1.53 bits per heavy atom. The Morgan fingerprint density at radius 2 is 2.32 bits per heavy atom. The van der Waals surface area contributed by atoms with Gasteiger partial charge in [-0.15, -0.1) is 11.6 Å². The van der Waals surface area contributed by atoms with Crippen molar-refractivity contribution in [3.8, 4) is 6.07 Å². The SMILES string of the molecule is CC(Cl)c1nc2ccc(C#N)cc2n1CCC1CC1. The number of nitriles is 1.